The maximum Gasteiger partial charge on any atom is 0.254 e. The molecule has 6 nitrogen and oxygen atoms in total. The third-order valence-electron chi connectivity index (χ3n) is 3.06. The molecule has 0 aliphatic carbocycles. The van der Waals surface area contributed by atoms with Gasteiger partial charge in [-0.25, -0.2) is 8.42 Å². The normalized spacial score (nSPS) is 23.6. The summed E-state index contributed by atoms with van der Waals surface area (Å²) in [5, 5.41) is 18.8. The van der Waals surface area contributed by atoms with E-state index in [0.29, 0.717) is 0 Å². The zero-order valence-electron chi connectivity index (χ0n) is 10.4. The van der Waals surface area contributed by atoms with Crippen LogP contribution in [0.4, 0.5) is 0 Å². The SMILES string of the molecule is CS(=O)(=O)c1cccc(C(=O)N2C[C@@H](O)[C@@H](O)C2)c1. The van der Waals surface area contributed by atoms with Gasteiger partial charge in [-0.2, -0.15) is 0 Å². The molecule has 0 unspecified atom stereocenters. The Kier molecular flexibility index (Phi) is 3.62. The summed E-state index contributed by atoms with van der Waals surface area (Å²) in [5.41, 5.74) is 0.226. The Morgan fingerprint density at radius 3 is 2.37 bits per heavy atom. The summed E-state index contributed by atoms with van der Waals surface area (Å²) >= 11 is 0. The first kappa shape index (κ1) is 14.0. The van der Waals surface area contributed by atoms with E-state index >= 15 is 0 Å². The van der Waals surface area contributed by atoms with Crippen LogP contribution >= 0.6 is 0 Å². The van der Waals surface area contributed by atoms with Gasteiger partial charge in [0, 0.05) is 24.9 Å². The van der Waals surface area contributed by atoms with Crippen molar-refractivity contribution < 1.29 is 23.4 Å². The average molecular weight is 285 g/mol. The Labute approximate surface area is 111 Å². The van der Waals surface area contributed by atoms with Crippen molar-refractivity contribution in [3.8, 4) is 0 Å². The highest BCUT2D eigenvalue weighted by atomic mass is 32.2. The Morgan fingerprint density at radius 1 is 1.26 bits per heavy atom. The predicted octanol–water partition coefficient (Wildman–Crippen LogP) is -0.732. The molecular formula is C12H15NO5S. The number of carbonyl (C=O) groups is 1. The van der Waals surface area contributed by atoms with Gasteiger partial charge in [0.25, 0.3) is 5.91 Å². The molecule has 104 valence electrons. The molecule has 0 radical (unpaired) electrons. The quantitative estimate of drug-likeness (QED) is 0.747. The molecule has 7 heteroatoms. The second-order valence-corrected chi connectivity index (χ2v) is 6.66. The highest BCUT2D eigenvalue weighted by molar-refractivity contribution is 7.90. The molecule has 2 atom stereocenters. The van der Waals surface area contributed by atoms with E-state index < -0.39 is 28.0 Å². The largest absolute Gasteiger partial charge is 0.388 e. The number of hydrogen-bond acceptors (Lipinski definition) is 5. The van der Waals surface area contributed by atoms with Crippen molar-refractivity contribution in [2.45, 2.75) is 17.1 Å². The molecule has 19 heavy (non-hydrogen) atoms. The number of carbonyl (C=O) groups excluding carboxylic acids is 1. The number of sulfone groups is 1. The predicted molar refractivity (Wildman–Crippen MR) is 67.5 cm³/mol. The minimum atomic E-state index is -3.37. The Balaban J connectivity index is 2.26. The van der Waals surface area contributed by atoms with Crippen LogP contribution in [0.3, 0.4) is 0 Å². The van der Waals surface area contributed by atoms with E-state index in [4.69, 9.17) is 0 Å². The van der Waals surface area contributed by atoms with Gasteiger partial charge in [-0.1, -0.05) is 6.07 Å². The van der Waals surface area contributed by atoms with Crippen LogP contribution < -0.4 is 0 Å². The molecule has 1 aliphatic rings. The first-order valence-corrected chi connectivity index (χ1v) is 7.63. The van der Waals surface area contributed by atoms with Gasteiger partial charge in [-0.3, -0.25) is 4.79 Å². The minimum Gasteiger partial charge on any atom is -0.388 e. The zero-order valence-corrected chi connectivity index (χ0v) is 11.2. The number of β-amino-alcohol motifs (C(OH)–C–C–N with tert-alkyl or cyclic N) is 2. The van der Waals surface area contributed by atoms with Crippen molar-refractivity contribution in [2.24, 2.45) is 0 Å². The lowest BCUT2D eigenvalue weighted by molar-refractivity contribution is 0.0572. The summed E-state index contributed by atoms with van der Waals surface area (Å²) in [6.45, 7) is 0.0895. The lowest BCUT2D eigenvalue weighted by Crippen LogP contribution is -2.29. The second kappa shape index (κ2) is 4.92. The highest BCUT2D eigenvalue weighted by Gasteiger charge is 2.33. The third-order valence-corrected chi connectivity index (χ3v) is 4.17. The van der Waals surface area contributed by atoms with Gasteiger partial charge >= 0.3 is 0 Å². The van der Waals surface area contributed by atoms with E-state index in [9.17, 15) is 23.4 Å². The first-order valence-electron chi connectivity index (χ1n) is 5.74. The van der Waals surface area contributed by atoms with Crippen molar-refractivity contribution in [3.05, 3.63) is 29.8 Å². The van der Waals surface area contributed by atoms with Gasteiger partial charge in [-0.05, 0) is 18.2 Å². The molecule has 2 N–H and O–H groups in total. The fourth-order valence-electron chi connectivity index (χ4n) is 1.98. The Morgan fingerprint density at radius 2 is 1.84 bits per heavy atom. The fraction of sp³-hybridized carbons (Fsp3) is 0.417. The van der Waals surface area contributed by atoms with Gasteiger partial charge in [-0.15, -0.1) is 0 Å². The fourth-order valence-corrected chi connectivity index (χ4v) is 2.64. The van der Waals surface area contributed by atoms with Crippen LogP contribution in [-0.4, -0.2) is 61.0 Å². The highest BCUT2D eigenvalue weighted by Crippen LogP contribution is 2.17. The van der Waals surface area contributed by atoms with Gasteiger partial charge in [0.05, 0.1) is 17.1 Å². The number of aliphatic hydroxyl groups excluding tert-OH is 2. The van der Waals surface area contributed by atoms with Crippen LogP contribution in [0.5, 0.6) is 0 Å². The van der Waals surface area contributed by atoms with Gasteiger partial charge in [0.1, 0.15) is 0 Å². The van der Waals surface area contributed by atoms with Gasteiger partial charge < -0.3 is 15.1 Å². The molecule has 1 aliphatic heterocycles. The van der Waals surface area contributed by atoms with Crippen molar-refractivity contribution in [2.75, 3.05) is 19.3 Å². The van der Waals surface area contributed by atoms with Crippen LogP contribution in [0.2, 0.25) is 0 Å². The van der Waals surface area contributed by atoms with E-state index in [-0.39, 0.29) is 23.5 Å². The molecule has 0 saturated carbocycles. The maximum absolute atomic E-state index is 12.1. The van der Waals surface area contributed by atoms with E-state index in [1.165, 1.54) is 29.2 Å². The molecule has 1 fully saturated rings. The van der Waals surface area contributed by atoms with Crippen molar-refractivity contribution >= 4 is 15.7 Å². The molecule has 1 heterocycles. The summed E-state index contributed by atoms with van der Waals surface area (Å²) < 4.78 is 22.9. The van der Waals surface area contributed by atoms with E-state index in [2.05, 4.69) is 0 Å². The Bertz CT molecular complexity index is 588. The molecular weight excluding hydrogens is 270 g/mol. The van der Waals surface area contributed by atoms with E-state index in [1.807, 2.05) is 0 Å². The number of amides is 1. The molecule has 1 saturated heterocycles. The molecule has 2 rings (SSSR count). The second-order valence-electron chi connectivity index (χ2n) is 4.64. The van der Waals surface area contributed by atoms with Crippen molar-refractivity contribution in [3.63, 3.8) is 0 Å². The van der Waals surface area contributed by atoms with Crippen molar-refractivity contribution in [1.29, 1.82) is 0 Å². The van der Waals surface area contributed by atoms with Crippen LogP contribution in [0.1, 0.15) is 10.4 Å². The zero-order chi connectivity index (χ0) is 14.2. The smallest absolute Gasteiger partial charge is 0.254 e. The number of hydrogen-bond donors (Lipinski definition) is 2. The Hall–Kier alpha value is -1.44. The average Bonchev–Trinajstić information content (AvgIpc) is 2.68. The summed E-state index contributed by atoms with van der Waals surface area (Å²) in [7, 11) is -3.37. The maximum atomic E-state index is 12.1. The van der Waals surface area contributed by atoms with Gasteiger partial charge in [0.15, 0.2) is 9.84 Å². The standard InChI is InChI=1S/C12H15NO5S/c1-19(17,18)9-4-2-3-8(5-9)12(16)13-6-10(14)11(15)7-13/h2-5,10-11,14-15H,6-7H2,1H3/t10-,11+. The molecule has 1 aromatic rings. The summed E-state index contributed by atoms with van der Waals surface area (Å²) in [5.74, 6) is -0.402. The number of rotatable bonds is 2. The van der Waals surface area contributed by atoms with Crippen molar-refractivity contribution in [1.82, 2.24) is 4.90 Å². The molecule has 0 aromatic heterocycles. The topological polar surface area (TPSA) is 94.9 Å². The van der Waals surface area contributed by atoms with Crippen LogP contribution in [0, 0.1) is 0 Å². The number of nitrogens with zero attached hydrogens (tertiary/aromatic N) is 1. The molecule has 0 bridgehead atoms. The summed E-state index contributed by atoms with van der Waals surface area (Å²) in [4.78, 5) is 13.5. The lowest BCUT2D eigenvalue weighted by Gasteiger charge is -2.15. The lowest BCUT2D eigenvalue weighted by atomic mass is 10.2. The minimum absolute atomic E-state index is 0.0447. The molecule has 1 amide bonds. The van der Waals surface area contributed by atoms with Crippen LogP contribution in [0.25, 0.3) is 0 Å². The molecule has 1 aromatic carbocycles. The molecule has 0 spiro atoms. The first-order chi connectivity index (χ1) is 8.79. The third kappa shape index (κ3) is 2.94. The van der Waals surface area contributed by atoms with Gasteiger partial charge in [0.2, 0.25) is 0 Å². The number of benzene rings is 1. The van der Waals surface area contributed by atoms with Crippen LogP contribution in [-0.2, 0) is 9.84 Å². The summed E-state index contributed by atoms with van der Waals surface area (Å²) in [6, 6.07) is 5.72. The van der Waals surface area contributed by atoms with Crippen LogP contribution in [0.15, 0.2) is 29.2 Å². The number of aliphatic hydroxyl groups is 2. The number of likely N-dealkylation sites (tertiary alicyclic amines) is 1. The summed E-state index contributed by atoms with van der Waals surface area (Å²) in [6.07, 6.45) is -0.843. The van der Waals surface area contributed by atoms with E-state index in [0.717, 1.165) is 6.26 Å². The van der Waals surface area contributed by atoms with E-state index in [1.54, 1.807) is 0 Å². The monoisotopic (exact) mass is 285 g/mol.